The van der Waals surface area contributed by atoms with Gasteiger partial charge in [-0.05, 0) is 77.2 Å². The molecule has 2 heterocycles. The molecule has 0 bridgehead atoms. The quantitative estimate of drug-likeness (QED) is 0.181. The lowest BCUT2D eigenvalue weighted by Gasteiger charge is -2.26. The van der Waals surface area contributed by atoms with Crippen molar-refractivity contribution < 1.29 is 0 Å². The number of hydrogen-bond donors (Lipinski definition) is 0. The predicted octanol–water partition coefficient (Wildman–Crippen LogP) is 13.4. The van der Waals surface area contributed by atoms with E-state index in [1.807, 2.05) is 11.3 Å². The standard InChI is InChI=1S/C46H30N2S/c1-3-12-31(13-4-1)33-15-11-18-35(28-33)47(37-23-26-40-39-20-9-10-21-44(39)49-45(40)30-37)36-24-27-43-42(29-36)41-25-22-32-14-7-8-19-38(32)46(41)48(43)34-16-5-2-6-17-34/h1-30H. The normalized spacial score (nSPS) is 11.7. The Labute approximate surface area is 288 Å². The molecule has 8 aromatic carbocycles. The van der Waals surface area contributed by atoms with Gasteiger partial charge in [-0.2, -0.15) is 0 Å². The zero-order valence-electron chi connectivity index (χ0n) is 26.6. The summed E-state index contributed by atoms with van der Waals surface area (Å²) >= 11 is 1.86. The van der Waals surface area contributed by atoms with Crippen molar-refractivity contribution in [2.75, 3.05) is 4.90 Å². The first-order chi connectivity index (χ1) is 24.3. The minimum Gasteiger partial charge on any atom is -0.310 e. The molecule has 0 unspecified atom stereocenters. The van der Waals surface area contributed by atoms with Crippen molar-refractivity contribution in [3.63, 3.8) is 0 Å². The predicted molar refractivity (Wildman–Crippen MR) is 211 cm³/mol. The third-order valence-corrected chi connectivity index (χ3v) is 10.9. The summed E-state index contributed by atoms with van der Waals surface area (Å²) in [5.41, 5.74) is 9.38. The molecule has 0 saturated heterocycles. The lowest BCUT2D eigenvalue weighted by Crippen LogP contribution is -2.10. The topological polar surface area (TPSA) is 8.17 Å². The maximum absolute atomic E-state index is 2.43. The smallest absolute Gasteiger partial charge is 0.0619 e. The molecule has 0 amide bonds. The van der Waals surface area contributed by atoms with Crippen LogP contribution in [0.15, 0.2) is 182 Å². The molecule has 0 N–H and O–H groups in total. The molecular formula is C46H30N2S. The van der Waals surface area contributed by atoms with Crippen molar-refractivity contribution in [1.82, 2.24) is 4.57 Å². The Morgan fingerprint density at radius 1 is 0.388 bits per heavy atom. The van der Waals surface area contributed by atoms with Crippen LogP contribution in [0.2, 0.25) is 0 Å². The van der Waals surface area contributed by atoms with Gasteiger partial charge in [-0.1, -0.05) is 121 Å². The lowest BCUT2D eigenvalue weighted by atomic mass is 10.0. The van der Waals surface area contributed by atoms with Crippen molar-refractivity contribution in [3.8, 4) is 16.8 Å². The van der Waals surface area contributed by atoms with Gasteiger partial charge in [0, 0.05) is 59.1 Å². The lowest BCUT2D eigenvalue weighted by molar-refractivity contribution is 1.18. The number of nitrogens with zero attached hydrogens (tertiary/aromatic N) is 2. The Morgan fingerprint density at radius 3 is 1.92 bits per heavy atom. The average molecular weight is 643 g/mol. The van der Waals surface area contributed by atoms with Gasteiger partial charge >= 0.3 is 0 Å². The summed E-state index contributed by atoms with van der Waals surface area (Å²) < 4.78 is 5.03. The number of thiophene rings is 1. The molecule has 0 atom stereocenters. The van der Waals surface area contributed by atoms with Crippen LogP contribution in [-0.2, 0) is 0 Å². The van der Waals surface area contributed by atoms with E-state index >= 15 is 0 Å². The van der Waals surface area contributed by atoms with E-state index in [1.54, 1.807) is 0 Å². The van der Waals surface area contributed by atoms with Crippen LogP contribution < -0.4 is 4.90 Å². The second kappa shape index (κ2) is 11.2. The largest absolute Gasteiger partial charge is 0.310 e. The summed E-state index contributed by atoms with van der Waals surface area (Å²) in [5, 5.41) is 7.59. The fraction of sp³-hybridized carbons (Fsp3) is 0. The maximum Gasteiger partial charge on any atom is 0.0619 e. The second-order valence-corrected chi connectivity index (χ2v) is 13.7. The van der Waals surface area contributed by atoms with Gasteiger partial charge in [-0.25, -0.2) is 0 Å². The molecule has 2 aromatic heterocycles. The van der Waals surface area contributed by atoms with Crippen molar-refractivity contribution in [1.29, 1.82) is 0 Å². The van der Waals surface area contributed by atoms with E-state index in [-0.39, 0.29) is 0 Å². The van der Waals surface area contributed by atoms with Gasteiger partial charge in [0.25, 0.3) is 0 Å². The summed E-state index contributed by atoms with van der Waals surface area (Å²) in [6.45, 7) is 0. The van der Waals surface area contributed by atoms with E-state index in [9.17, 15) is 0 Å². The Hall–Kier alpha value is -6.16. The SMILES string of the molecule is c1ccc(-c2cccc(N(c3ccc4c(c3)sc3ccccc34)c3ccc4c(c3)c3ccc5ccccc5c3n4-c3ccccc3)c2)cc1. The molecular weight excluding hydrogens is 613 g/mol. The third kappa shape index (κ3) is 4.55. The second-order valence-electron chi connectivity index (χ2n) is 12.6. The molecule has 0 radical (unpaired) electrons. The zero-order chi connectivity index (χ0) is 32.3. The maximum atomic E-state index is 2.43. The molecule has 230 valence electrons. The van der Waals surface area contributed by atoms with E-state index in [0.717, 1.165) is 22.7 Å². The molecule has 0 aliphatic heterocycles. The fourth-order valence-electron chi connectivity index (χ4n) is 7.51. The van der Waals surface area contributed by atoms with Crippen molar-refractivity contribution in [3.05, 3.63) is 182 Å². The Kier molecular flexibility index (Phi) is 6.39. The summed E-state index contributed by atoms with van der Waals surface area (Å²) in [5.74, 6) is 0. The van der Waals surface area contributed by atoms with Crippen LogP contribution in [-0.4, -0.2) is 4.57 Å². The summed E-state index contributed by atoms with van der Waals surface area (Å²) in [4.78, 5) is 2.42. The fourth-order valence-corrected chi connectivity index (χ4v) is 8.65. The molecule has 2 nitrogen and oxygen atoms in total. The van der Waals surface area contributed by atoms with Crippen LogP contribution in [0.1, 0.15) is 0 Å². The number of fused-ring (bicyclic) bond motifs is 8. The molecule has 0 spiro atoms. The van der Waals surface area contributed by atoms with Gasteiger partial charge in [0.05, 0.1) is 11.0 Å². The number of rotatable bonds is 5. The van der Waals surface area contributed by atoms with Gasteiger partial charge < -0.3 is 9.47 Å². The van der Waals surface area contributed by atoms with Gasteiger partial charge in [-0.3, -0.25) is 0 Å². The van der Waals surface area contributed by atoms with Crippen molar-refractivity contribution in [2.24, 2.45) is 0 Å². The molecule has 10 rings (SSSR count). The number of para-hydroxylation sites is 1. The number of benzene rings is 8. The number of aromatic nitrogens is 1. The van der Waals surface area contributed by atoms with Gasteiger partial charge in [0.2, 0.25) is 0 Å². The highest BCUT2D eigenvalue weighted by Crippen LogP contribution is 2.44. The van der Waals surface area contributed by atoms with Crippen LogP contribution in [0.4, 0.5) is 17.1 Å². The van der Waals surface area contributed by atoms with Crippen molar-refractivity contribution >= 4 is 81.1 Å². The number of anilines is 3. The molecule has 0 aliphatic rings. The van der Waals surface area contributed by atoms with Crippen LogP contribution in [0.25, 0.3) is 69.6 Å². The van der Waals surface area contributed by atoms with Crippen molar-refractivity contribution in [2.45, 2.75) is 0 Å². The monoisotopic (exact) mass is 642 g/mol. The van der Waals surface area contributed by atoms with E-state index in [1.165, 1.54) is 63.9 Å². The third-order valence-electron chi connectivity index (χ3n) is 9.74. The average Bonchev–Trinajstić information content (AvgIpc) is 3.71. The highest BCUT2D eigenvalue weighted by atomic mass is 32.1. The highest BCUT2D eigenvalue weighted by molar-refractivity contribution is 7.25. The van der Waals surface area contributed by atoms with Gasteiger partial charge in [0.15, 0.2) is 0 Å². The van der Waals surface area contributed by atoms with Crippen LogP contribution >= 0.6 is 11.3 Å². The van der Waals surface area contributed by atoms with Gasteiger partial charge in [-0.15, -0.1) is 11.3 Å². The van der Waals surface area contributed by atoms with E-state index in [2.05, 4.69) is 191 Å². The first-order valence-corrected chi connectivity index (χ1v) is 17.5. The van der Waals surface area contributed by atoms with Crippen LogP contribution in [0.3, 0.4) is 0 Å². The molecule has 0 saturated carbocycles. The van der Waals surface area contributed by atoms with E-state index in [4.69, 9.17) is 0 Å². The Bertz CT molecular complexity index is 2830. The zero-order valence-corrected chi connectivity index (χ0v) is 27.4. The minimum atomic E-state index is 1.12. The highest BCUT2D eigenvalue weighted by Gasteiger charge is 2.20. The Balaban J connectivity index is 1.24. The molecule has 3 heteroatoms. The minimum absolute atomic E-state index is 1.12. The summed E-state index contributed by atoms with van der Waals surface area (Å²) in [6.07, 6.45) is 0. The first kappa shape index (κ1) is 27.9. The molecule has 0 fully saturated rings. The van der Waals surface area contributed by atoms with Crippen LogP contribution in [0, 0.1) is 0 Å². The first-order valence-electron chi connectivity index (χ1n) is 16.7. The van der Waals surface area contributed by atoms with Crippen LogP contribution in [0.5, 0.6) is 0 Å². The Morgan fingerprint density at radius 2 is 1.04 bits per heavy atom. The van der Waals surface area contributed by atoms with E-state index < -0.39 is 0 Å². The van der Waals surface area contributed by atoms with Gasteiger partial charge in [0.1, 0.15) is 0 Å². The summed E-state index contributed by atoms with van der Waals surface area (Å²) in [6, 6.07) is 66.2. The summed E-state index contributed by atoms with van der Waals surface area (Å²) in [7, 11) is 0. The molecule has 0 aliphatic carbocycles. The molecule has 49 heavy (non-hydrogen) atoms. The van der Waals surface area contributed by atoms with E-state index in [0.29, 0.717) is 0 Å². The number of hydrogen-bond acceptors (Lipinski definition) is 2. The molecule has 10 aromatic rings.